The Labute approximate surface area is 393 Å². The van der Waals surface area contributed by atoms with E-state index < -0.39 is 0 Å². The summed E-state index contributed by atoms with van der Waals surface area (Å²) in [6.07, 6.45) is 30.1. The molecule has 0 aliphatic carbocycles. The highest BCUT2D eigenvalue weighted by molar-refractivity contribution is 7.19. The number of unbranched alkanes of at least 4 members (excludes halogenated alkanes) is 16. The second kappa shape index (κ2) is 23.7. The third-order valence-electron chi connectivity index (χ3n) is 13.7. The van der Waals surface area contributed by atoms with E-state index in [1.807, 2.05) is 22.7 Å². The van der Waals surface area contributed by atoms with Crippen LogP contribution in [0.25, 0.3) is 53.5 Å². The molecule has 0 saturated heterocycles. The van der Waals surface area contributed by atoms with Crippen molar-refractivity contribution in [2.75, 3.05) is 0 Å². The van der Waals surface area contributed by atoms with E-state index in [9.17, 15) is 0 Å². The first-order valence-corrected chi connectivity index (χ1v) is 27.7. The largest absolute Gasteiger partial charge is 0.482 e. The van der Waals surface area contributed by atoms with Crippen LogP contribution in [0.2, 0.25) is 0 Å². The van der Waals surface area contributed by atoms with Crippen molar-refractivity contribution < 1.29 is 4.74 Å². The average molecular weight is 901 g/mol. The van der Waals surface area contributed by atoms with Gasteiger partial charge in [-0.1, -0.05) is 167 Å². The quantitative estimate of drug-likeness (QED) is 0.0483. The highest BCUT2D eigenvalue weighted by Crippen LogP contribution is 2.52. The summed E-state index contributed by atoms with van der Waals surface area (Å²) in [5.41, 5.74) is 13.8. The predicted octanol–water partition coefficient (Wildman–Crippen LogP) is 19.4. The van der Waals surface area contributed by atoms with Crippen LogP contribution < -0.4 is 4.74 Å². The molecular weight excluding hydrogens is 825 g/mol. The number of nitrogens with zero attached hydrogens (tertiary/aromatic N) is 2. The molecule has 1 aliphatic heterocycles. The maximum absolute atomic E-state index is 7.48. The van der Waals surface area contributed by atoms with Crippen LogP contribution in [0.4, 0.5) is 0 Å². The standard InChI is InChI=1S/C57H76N2OS3/c1-7-11-15-19-21-25-35-57(36-26-22-20-16-12-8-2)50-38-45(30-32-46(50)47-31-29-41(5)37-51(47)60-57)56-44(28-24-18-14-10-4)40-53(62-56)49-34-33-48(54-55(49)59-63-58-54)52-39-43(42(6)61-52)27-23-17-13-9-3/h29-34,37-40H,7-28,35-36H2,1-6H3. The summed E-state index contributed by atoms with van der Waals surface area (Å²) >= 11 is 5.24. The molecule has 3 aromatic heterocycles. The molecule has 0 N–H and O–H groups in total. The first-order chi connectivity index (χ1) is 30.9. The molecule has 6 heteroatoms. The Kier molecular flexibility index (Phi) is 18.0. The van der Waals surface area contributed by atoms with Gasteiger partial charge in [0.25, 0.3) is 0 Å². The number of hydrogen-bond acceptors (Lipinski definition) is 6. The molecule has 338 valence electrons. The van der Waals surface area contributed by atoms with Crippen LogP contribution in [0.15, 0.2) is 60.7 Å². The van der Waals surface area contributed by atoms with Crippen LogP contribution in [0, 0.1) is 13.8 Å². The molecule has 1 aliphatic rings. The smallest absolute Gasteiger partial charge is 0.135 e. The number of hydrogen-bond donors (Lipinski definition) is 0. The molecule has 63 heavy (non-hydrogen) atoms. The number of thiophene rings is 2. The molecule has 0 radical (unpaired) electrons. The van der Waals surface area contributed by atoms with Gasteiger partial charge in [0.2, 0.25) is 0 Å². The molecule has 3 aromatic carbocycles. The maximum Gasteiger partial charge on any atom is 0.135 e. The molecule has 0 fully saturated rings. The molecule has 0 atom stereocenters. The van der Waals surface area contributed by atoms with Gasteiger partial charge < -0.3 is 4.74 Å². The van der Waals surface area contributed by atoms with Crippen molar-refractivity contribution in [1.29, 1.82) is 0 Å². The highest BCUT2D eigenvalue weighted by atomic mass is 32.1. The van der Waals surface area contributed by atoms with E-state index in [4.69, 9.17) is 13.5 Å². The van der Waals surface area contributed by atoms with Crippen molar-refractivity contribution in [3.05, 3.63) is 87.8 Å². The number of benzene rings is 3. The highest BCUT2D eigenvalue weighted by Gasteiger charge is 2.40. The van der Waals surface area contributed by atoms with Gasteiger partial charge in [0, 0.05) is 41.8 Å². The summed E-state index contributed by atoms with van der Waals surface area (Å²) in [4.78, 5) is 5.48. The van der Waals surface area contributed by atoms with E-state index in [-0.39, 0.29) is 5.60 Å². The second-order valence-electron chi connectivity index (χ2n) is 18.8. The monoisotopic (exact) mass is 901 g/mol. The molecular formula is C57H76N2OS3. The summed E-state index contributed by atoms with van der Waals surface area (Å²) in [7, 11) is 0. The Hall–Kier alpha value is -3.32. The van der Waals surface area contributed by atoms with Gasteiger partial charge in [-0.2, -0.15) is 8.75 Å². The molecule has 0 amide bonds. The molecule has 4 heterocycles. The number of aryl methyl sites for hydroxylation is 4. The zero-order chi connectivity index (χ0) is 44.0. The van der Waals surface area contributed by atoms with Crippen molar-refractivity contribution in [1.82, 2.24) is 8.75 Å². The van der Waals surface area contributed by atoms with E-state index in [1.54, 1.807) is 0 Å². The van der Waals surface area contributed by atoms with Gasteiger partial charge in [0.1, 0.15) is 22.4 Å². The van der Waals surface area contributed by atoms with Gasteiger partial charge in [-0.05, 0) is 117 Å². The minimum absolute atomic E-state index is 0.327. The van der Waals surface area contributed by atoms with Crippen LogP contribution in [0.3, 0.4) is 0 Å². The van der Waals surface area contributed by atoms with Gasteiger partial charge in [-0.3, -0.25) is 0 Å². The minimum Gasteiger partial charge on any atom is -0.482 e. The third-order valence-corrected chi connectivity index (χ3v) is 16.7. The molecule has 0 bridgehead atoms. The number of fused-ring (bicyclic) bond motifs is 4. The molecule has 0 unspecified atom stereocenters. The average Bonchev–Trinajstić information content (AvgIpc) is 4.05. The first kappa shape index (κ1) is 47.6. The van der Waals surface area contributed by atoms with Crippen molar-refractivity contribution in [2.24, 2.45) is 0 Å². The summed E-state index contributed by atoms with van der Waals surface area (Å²) in [6.45, 7) is 13.7. The molecule has 0 saturated carbocycles. The number of rotatable bonds is 27. The van der Waals surface area contributed by atoms with E-state index in [2.05, 4.69) is 102 Å². The maximum atomic E-state index is 7.48. The fraction of sp³-hybridized carbons (Fsp3) is 0.544. The van der Waals surface area contributed by atoms with Crippen molar-refractivity contribution in [2.45, 2.75) is 201 Å². The van der Waals surface area contributed by atoms with Gasteiger partial charge in [0.15, 0.2) is 0 Å². The SMILES string of the molecule is CCCCCCCCC1(CCCCCCCC)Oc2cc(C)ccc2-c2ccc(-c3sc(-c4ccc(-c5cc(CCCCCC)c(C)s5)c5nsnc45)cc3CCCCCC)cc21. The Morgan fingerprint density at radius 2 is 1.00 bits per heavy atom. The van der Waals surface area contributed by atoms with Crippen LogP contribution in [-0.4, -0.2) is 8.75 Å². The normalized spacial score (nSPS) is 13.1. The Balaban J connectivity index is 1.27. The first-order valence-electron chi connectivity index (χ1n) is 25.3. The lowest BCUT2D eigenvalue weighted by atomic mass is 9.76. The van der Waals surface area contributed by atoms with E-state index in [0.717, 1.165) is 42.5 Å². The Morgan fingerprint density at radius 3 is 1.62 bits per heavy atom. The van der Waals surface area contributed by atoms with Crippen LogP contribution in [0.1, 0.15) is 196 Å². The van der Waals surface area contributed by atoms with Crippen LogP contribution >= 0.6 is 34.4 Å². The van der Waals surface area contributed by atoms with Crippen molar-refractivity contribution in [3.63, 3.8) is 0 Å². The fourth-order valence-electron chi connectivity index (χ4n) is 10.0. The van der Waals surface area contributed by atoms with Gasteiger partial charge >= 0.3 is 0 Å². The van der Waals surface area contributed by atoms with Gasteiger partial charge in [-0.15, -0.1) is 22.7 Å². The number of ether oxygens (including phenoxy) is 1. The summed E-state index contributed by atoms with van der Waals surface area (Å²) in [5, 5.41) is 0. The summed E-state index contributed by atoms with van der Waals surface area (Å²) < 4.78 is 17.5. The third kappa shape index (κ3) is 11.7. The summed E-state index contributed by atoms with van der Waals surface area (Å²) in [5.74, 6) is 1.08. The zero-order valence-corrected chi connectivity index (χ0v) is 42.2. The van der Waals surface area contributed by atoms with Crippen LogP contribution in [0.5, 0.6) is 5.75 Å². The predicted molar refractivity (Wildman–Crippen MR) is 278 cm³/mol. The van der Waals surface area contributed by atoms with E-state index in [0.29, 0.717) is 0 Å². The van der Waals surface area contributed by atoms with Crippen molar-refractivity contribution >= 4 is 45.4 Å². The lowest BCUT2D eigenvalue weighted by Gasteiger charge is -2.41. The Morgan fingerprint density at radius 1 is 0.492 bits per heavy atom. The zero-order valence-electron chi connectivity index (χ0n) is 39.8. The second-order valence-corrected chi connectivity index (χ2v) is 21.6. The fourth-order valence-corrected chi connectivity index (χ4v) is 12.9. The van der Waals surface area contributed by atoms with Crippen molar-refractivity contribution in [3.8, 4) is 48.2 Å². The summed E-state index contributed by atoms with van der Waals surface area (Å²) in [6, 6.07) is 24.0. The molecule has 7 rings (SSSR count). The lowest BCUT2D eigenvalue weighted by Crippen LogP contribution is -2.36. The van der Waals surface area contributed by atoms with Crippen LogP contribution in [-0.2, 0) is 18.4 Å². The molecule has 6 aromatic rings. The van der Waals surface area contributed by atoms with Gasteiger partial charge in [0.05, 0.1) is 11.7 Å². The topological polar surface area (TPSA) is 35.0 Å². The number of aromatic nitrogens is 2. The van der Waals surface area contributed by atoms with Gasteiger partial charge in [-0.25, -0.2) is 0 Å². The molecule has 0 spiro atoms. The van der Waals surface area contributed by atoms with E-state index in [1.165, 1.54) is 210 Å². The minimum atomic E-state index is -0.327. The lowest BCUT2D eigenvalue weighted by molar-refractivity contribution is 0.0385. The van der Waals surface area contributed by atoms with E-state index >= 15 is 0 Å². The Bertz CT molecular complexity index is 2330. The molecule has 3 nitrogen and oxygen atoms in total.